The monoisotopic (exact) mass is 310 g/mol. The number of nitrogens with zero attached hydrogens (tertiary/aromatic N) is 2. The van der Waals surface area contributed by atoms with Gasteiger partial charge >= 0.3 is 5.97 Å². The van der Waals surface area contributed by atoms with E-state index in [0.29, 0.717) is 16.3 Å². The molecule has 0 aliphatic carbocycles. The molecule has 0 bridgehead atoms. The maximum Gasteiger partial charge on any atom is 0.366 e. The van der Waals surface area contributed by atoms with E-state index < -0.39 is 17.8 Å². The number of rotatable bonds is 2. The summed E-state index contributed by atoms with van der Waals surface area (Å²) in [4.78, 5) is 46.1. The van der Waals surface area contributed by atoms with Crippen molar-refractivity contribution in [1.29, 1.82) is 0 Å². The van der Waals surface area contributed by atoms with Gasteiger partial charge in [-0.3, -0.25) is 14.6 Å². The summed E-state index contributed by atoms with van der Waals surface area (Å²) in [5.41, 5.74) is 2.65. The molecule has 0 radical (unpaired) electrons. The zero-order valence-electron chi connectivity index (χ0n) is 12.9. The maximum absolute atomic E-state index is 12.4. The average Bonchev–Trinajstić information content (AvgIpc) is 2.72. The average molecular weight is 310 g/mol. The van der Waals surface area contributed by atoms with Crippen LogP contribution in [0.15, 0.2) is 30.3 Å². The first-order valence-electron chi connectivity index (χ1n) is 7.05. The van der Waals surface area contributed by atoms with Gasteiger partial charge in [0.1, 0.15) is 0 Å². The molecule has 3 rings (SSSR count). The molecular weight excluding hydrogens is 296 g/mol. The Morgan fingerprint density at radius 2 is 1.61 bits per heavy atom. The quantitative estimate of drug-likeness (QED) is 0.796. The van der Waals surface area contributed by atoms with Gasteiger partial charge in [-0.25, -0.2) is 4.79 Å². The van der Waals surface area contributed by atoms with Crippen LogP contribution in [0.25, 0.3) is 0 Å². The molecule has 2 aromatic rings. The van der Waals surface area contributed by atoms with Gasteiger partial charge in [0.15, 0.2) is 0 Å². The van der Waals surface area contributed by atoms with Crippen molar-refractivity contribution in [2.75, 3.05) is 0 Å². The molecule has 2 heterocycles. The Labute approximate surface area is 132 Å². The molecule has 0 saturated heterocycles. The van der Waals surface area contributed by atoms with Crippen LogP contribution < -0.4 is 0 Å². The third kappa shape index (κ3) is 2.38. The van der Waals surface area contributed by atoms with Crippen molar-refractivity contribution in [2.45, 2.75) is 20.8 Å². The van der Waals surface area contributed by atoms with Crippen LogP contribution in [0, 0.1) is 20.8 Å². The molecule has 1 aliphatic rings. The van der Waals surface area contributed by atoms with Gasteiger partial charge < -0.3 is 4.84 Å². The van der Waals surface area contributed by atoms with Crippen molar-refractivity contribution in [3.05, 3.63) is 64.0 Å². The van der Waals surface area contributed by atoms with Crippen molar-refractivity contribution < 1.29 is 19.2 Å². The van der Waals surface area contributed by atoms with Gasteiger partial charge in [-0.1, -0.05) is 17.2 Å². The molecule has 0 atom stereocenters. The van der Waals surface area contributed by atoms with Crippen LogP contribution in [0.4, 0.5) is 0 Å². The Morgan fingerprint density at radius 3 is 2.13 bits per heavy atom. The highest BCUT2D eigenvalue weighted by Crippen LogP contribution is 2.24. The topological polar surface area (TPSA) is 76.6 Å². The second kappa shape index (κ2) is 5.31. The summed E-state index contributed by atoms with van der Waals surface area (Å²) in [5.74, 6) is -2.06. The minimum atomic E-state index is -0.776. The minimum Gasteiger partial charge on any atom is -0.324 e. The molecule has 1 aromatic carbocycles. The van der Waals surface area contributed by atoms with E-state index in [1.165, 1.54) is 12.1 Å². The number of amides is 2. The molecular formula is C17H14N2O4. The fraction of sp³-hybridized carbons (Fsp3) is 0.176. The van der Waals surface area contributed by atoms with Crippen LogP contribution in [-0.2, 0) is 4.84 Å². The second-order valence-corrected chi connectivity index (χ2v) is 5.37. The van der Waals surface area contributed by atoms with E-state index in [2.05, 4.69) is 4.98 Å². The van der Waals surface area contributed by atoms with E-state index in [4.69, 9.17) is 4.84 Å². The summed E-state index contributed by atoms with van der Waals surface area (Å²) in [6.45, 7) is 5.25. The Balaban J connectivity index is 1.91. The van der Waals surface area contributed by atoms with E-state index in [1.54, 1.807) is 32.0 Å². The normalized spacial score (nSPS) is 13.3. The molecule has 1 aromatic heterocycles. The number of hydroxylamine groups is 2. The number of hydrogen-bond donors (Lipinski definition) is 0. The SMILES string of the molecule is Cc1cc(C)c(C(=O)ON2C(=O)c3ccccc3C2=O)c(C)n1. The van der Waals surface area contributed by atoms with Crippen molar-refractivity contribution >= 4 is 17.8 Å². The Hall–Kier alpha value is -3.02. The molecule has 6 heteroatoms. The van der Waals surface area contributed by atoms with Gasteiger partial charge in [-0.15, -0.1) is 0 Å². The van der Waals surface area contributed by atoms with E-state index in [1.807, 2.05) is 6.92 Å². The zero-order valence-corrected chi connectivity index (χ0v) is 12.9. The Bertz CT molecular complexity index is 799. The first-order chi connectivity index (χ1) is 10.9. The standard InChI is InChI=1S/C17H14N2O4/c1-9-8-10(2)18-11(3)14(9)17(22)23-19-15(20)12-6-4-5-7-13(12)16(19)21/h4-8H,1-3H3. The van der Waals surface area contributed by atoms with Crippen molar-refractivity contribution in [1.82, 2.24) is 10.0 Å². The number of hydrogen-bond acceptors (Lipinski definition) is 5. The molecule has 23 heavy (non-hydrogen) atoms. The van der Waals surface area contributed by atoms with Gasteiger partial charge in [0.2, 0.25) is 0 Å². The highest BCUT2D eigenvalue weighted by atomic mass is 16.7. The van der Waals surface area contributed by atoms with Crippen molar-refractivity contribution in [2.24, 2.45) is 0 Å². The smallest absolute Gasteiger partial charge is 0.324 e. The molecule has 0 fully saturated rings. The van der Waals surface area contributed by atoms with Gasteiger partial charge in [0.25, 0.3) is 11.8 Å². The highest BCUT2D eigenvalue weighted by Gasteiger charge is 2.39. The van der Waals surface area contributed by atoms with Crippen molar-refractivity contribution in [3.63, 3.8) is 0 Å². The lowest BCUT2D eigenvalue weighted by Crippen LogP contribution is -2.33. The van der Waals surface area contributed by atoms with Crippen LogP contribution in [0.3, 0.4) is 0 Å². The number of carbonyl (C=O) groups is 3. The molecule has 116 valence electrons. The number of fused-ring (bicyclic) bond motifs is 1. The minimum absolute atomic E-state index is 0.223. The van der Waals surface area contributed by atoms with E-state index in [0.717, 1.165) is 5.69 Å². The third-order valence-electron chi connectivity index (χ3n) is 3.66. The summed E-state index contributed by atoms with van der Waals surface area (Å²) >= 11 is 0. The fourth-order valence-electron chi connectivity index (χ4n) is 2.71. The lowest BCUT2D eigenvalue weighted by molar-refractivity contribution is -0.0586. The molecule has 6 nitrogen and oxygen atoms in total. The van der Waals surface area contributed by atoms with E-state index in [-0.39, 0.29) is 16.7 Å². The van der Waals surface area contributed by atoms with Gasteiger partial charge in [0, 0.05) is 5.69 Å². The second-order valence-electron chi connectivity index (χ2n) is 5.37. The summed E-state index contributed by atoms with van der Waals surface area (Å²) in [7, 11) is 0. The molecule has 0 spiro atoms. The highest BCUT2D eigenvalue weighted by molar-refractivity contribution is 6.21. The largest absolute Gasteiger partial charge is 0.366 e. The van der Waals surface area contributed by atoms with E-state index in [9.17, 15) is 14.4 Å². The Morgan fingerprint density at radius 1 is 1.04 bits per heavy atom. The molecule has 0 N–H and O–H groups in total. The first-order valence-corrected chi connectivity index (χ1v) is 7.05. The lowest BCUT2D eigenvalue weighted by Gasteiger charge is -2.15. The predicted octanol–water partition coefficient (Wildman–Crippen LogP) is 2.37. The molecule has 0 saturated carbocycles. The summed E-state index contributed by atoms with van der Waals surface area (Å²) in [6.07, 6.45) is 0. The maximum atomic E-state index is 12.4. The van der Waals surface area contributed by atoms with Crippen LogP contribution in [0.2, 0.25) is 0 Å². The van der Waals surface area contributed by atoms with Crippen LogP contribution in [0.1, 0.15) is 48.0 Å². The Kier molecular flexibility index (Phi) is 3.44. The summed E-state index contributed by atoms with van der Waals surface area (Å²) in [6, 6.07) is 8.08. The summed E-state index contributed by atoms with van der Waals surface area (Å²) in [5, 5.41) is 0.506. The third-order valence-corrected chi connectivity index (χ3v) is 3.66. The molecule has 2 amide bonds. The fourth-order valence-corrected chi connectivity index (χ4v) is 2.71. The number of pyridine rings is 1. The van der Waals surface area contributed by atoms with Crippen LogP contribution in [-0.4, -0.2) is 27.8 Å². The number of aromatic nitrogens is 1. The van der Waals surface area contributed by atoms with E-state index >= 15 is 0 Å². The number of aryl methyl sites for hydroxylation is 3. The van der Waals surface area contributed by atoms with Gasteiger partial charge in [0.05, 0.1) is 22.4 Å². The summed E-state index contributed by atoms with van der Waals surface area (Å²) < 4.78 is 0. The van der Waals surface area contributed by atoms with Crippen molar-refractivity contribution in [3.8, 4) is 0 Å². The van der Waals surface area contributed by atoms with Crippen LogP contribution >= 0.6 is 0 Å². The number of imide groups is 1. The van der Waals surface area contributed by atoms with Gasteiger partial charge in [-0.2, -0.15) is 0 Å². The number of carbonyl (C=O) groups excluding carboxylic acids is 3. The molecule has 0 unspecified atom stereocenters. The number of benzene rings is 1. The lowest BCUT2D eigenvalue weighted by atomic mass is 10.1. The predicted molar refractivity (Wildman–Crippen MR) is 80.8 cm³/mol. The zero-order chi connectivity index (χ0) is 16.7. The van der Waals surface area contributed by atoms with Gasteiger partial charge in [-0.05, 0) is 44.5 Å². The first kappa shape index (κ1) is 14.9. The van der Waals surface area contributed by atoms with Crippen LogP contribution in [0.5, 0.6) is 0 Å². The molecule has 1 aliphatic heterocycles.